The molecule has 2 aliphatic carbocycles. The lowest BCUT2D eigenvalue weighted by Gasteiger charge is -2.30. The number of fused-ring (bicyclic) bond motifs is 12. The monoisotopic (exact) mass is 789 g/mol. The van der Waals surface area contributed by atoms with Crippen LogP contribution in [0, 0.1) is 0 Å². The van der Waals surface area contributed by atoms with Crippen molar-refractivity contribution in [2.24, 2.45) is 0 Å². The lowest BCUT2D eigenvalue weighted by atomic mass is 9.70. The third-order valence-corrected chi connectivity index (χ3v) is 12.9. The van der Waals surface area contributed by atoms with Crippen molar-refractivity contribution in [2.75, 3.05) is 0 Å². The summed E-state index contributed by atoms with van der Waals surface area (Å²) in [5.74, 6) is 1.85. The van der Waals surface area contributed by atoms with E-state index in [9.17, 15) is 0 Å². The van der Waals surface area contributed by atoms with E-state index in [0.717, 1.165) is 55.6 Å². The van der Waals surface area contributed by atoms with Crippen LogP contribution in [0.3, 0.4) is 0 Å². The van der Waals surface area contributed by atoms with Crippen molar-refractivity contribution in [3.8, 4) is 78.9 Å². The first-order chi connectivity index (χ1) is 30.7. The molecule has 0 atom stereocenters. The van der Waals surface area contributed by atoms with E-state index in [2.05, 4.69) is 187 Å². The van der Waals surface area contributed by atoms with Gasteiger partial charge in [0.05, 0.1) is 16.8 Å². The normalized spacial score (nSPS) is 13.0. The van der Waals surface area contributed by atoms with Crippen LogP contribution in [0.25, 0.3) is 95.4 Å². The van der Waals surface area contributed by atoms with Crippen LogP contribution in [0.5, 0.6) is 0 Å². The molecule has 5 heteroatoms. The average Bonchev–Trinajstić information content (AvgIpc) is 3.99. The van der Waals surface area contributed by atoms with E-state index in [1.54, 1.807) is 0 Å². The van der Waals surface area contributed by atoms with Gasteiger partial charge in [-0.25, -0.2) is 19.9 Å². The Kier molecular flexibility index (Phi) is 7.45. The molecule has 0 amide bonds. The minimum Gasteiger partial charge on any atom is -0.299 e. The molecule has 0 bridgehead atoms. The highest BCUT2D eigenvalue weighted by atomic mass is 15.0. The topological polar surface area (TPSA) is 56.0 Å². The highest BCUT2D eigenvalue weighted by molar-refractivity contribution is 6.01. The first-order valence-electron chi connectivity index (χ1n) is 21.1. The molecule has 8 aromatic carbocycles. The number of benzene rings is 8. The first kappa shape index (κ1) is 34.6. The largest absolute Gasteiger partial charge is 0.299 e. The zero-order valence-corrected chi connectivity index (χ0v) is 33.4. The van der Waals surface area contributed by atoms with Crippen LogP contribution in [0.2, 0.25) is 0 Å². The summed E-state index contributed by atoms with van der Waals surface area (Å²) in [4.78, 5) is 21.2. The molecule has 62 heavy (non-hydrogen) atoms. The van der Waals surface area contributed by atoms with Crippen LogP contribution in [0.15, 0.2) is 212 Å². The Bertz CT molecular complexity index is 3530. The van der Waals surface area contributed by atoms with Crippen LogP contribution < -0.4 is 0 Å². The van der Waals surface area contributed by atoms with Crippen molar-refractivity contribution < 1.29 is 0 Å². The van der Waals surface area contributed by atoms with E-state index in [1.165, 1.54) is 44.5 Å². The molecule has 0 saturated heterocycles. The quantitative estimate of drug-likeness (QED) is 0.174. The third kappa shape index (κ3) is 4.96. The van der Waals surface area contributed by atoms with Gasteiger partial charge in [0.15, 0.2) is 17.5 Å². The second-order valence-corrected chi connectivity index (χ2v) is 16.2. The molecule has 3 aromatic heterocycles. The van der Waals surface area contributed by atoms with Crippen molar-refractivity contribution in [1.29, 1.82) is 0 Å². The smallest absolute Gasteiger partial charge is 0.164 e. The Morgan fingerprint density at radius 3 is 1.58 bits per heavy atom. The maximum absolute atomic E-state index is 5.45. The molecule has 0 radical (unpaired) electrons. The van der Waals surface area contributed by atoms with Crippen LogP contribution in [0.1, 0.15) is 22.3 Å². The van der Waals surface area contributed by atoms with E-state index in [1.807, 2.05) is 30.3 Å². The van der Waals surface area contributed by atoms with Crippen LogP contribution >= 0.6 is 0 Å². The van der Waals surface area contributed by atoms with Gasteiger partial charge in [0.1, 0.15) is 5.65 Å². The molecule has 5 nitrogen and oxygen atoms in total. The van der Waals surface area contributed by atoms with Crippen LogP contribution in [-0.4, -0.2) is 24.3 Å². The summed E-state index contributed by atoms with van der Waals surface area (Å²) in [5, 5.41) is 2.15. The van der Waals surface area contributed by atoms with E-state index in [-0.39, 0.29) is 0 Å². The summed E-state index contributed by atoms with van der Waals surface area (Å²) in [7, 11) is 0. The summed E-state index contributed by atoms with van der Waals surface area (Å²) in [5.41, 5.74) is 17.4. The Hall–Kier alpha value is -8.28. The van der Waals surface area contributed by atoms with E-state index >= 15 is 0 Å². The van der Waals surface area contributed by atoms with E-state index in [0.29, 0.717) is 17.5 Å². The maximum atomic E-state index is 5.45. The molecule has 288 valence electrons. The fourth-order valence-corrected chi connectivity index (χ4v) is 10.3. The van der Waals surface area contributed by atoms with Gasteiger partial charge in [-0.15, -0.1) is 0 Å². The number of nitrogens with zero attached hydrogens (tertiary/aromatic N) is 5. The summed E-state index contributed by atoms with van der Waals surface area (Å²) >= 11 is 0. The van der Waals surface area contributed by atoms with E-state index < -0.39 is 5.41 Å². The second kappa shape index (κ2) is 13.4. The summed E-state index contributed by atoms with van der Waals surface area (Å²) in [6, 6.07) is 73.4. The molecule has 0 unspecified atom stereocenters. The zero-order valence-electron chi connectivity index (χ0n) is 33.4. The standard InChI is InChI=1S/C57H35N5/c1-3-17-36(18-4-1)52-53(62-32-16-15-29-51(62)58-52)40-33-38-21-7-8-22-41(38)46(34-40)56-60-54(37-19-5-2-6-20-37)59-55(61-56)39-30-31-45-44-25-11-14-28-49(44)57(50(45)35-39)47-26-12-9-23-42(47)43-24-10-13-27-48(43)57/h1-35H. The first-order valence-corrected chi connectivity index (χ1v) is 21.1. The van der Waals surface area contributed by atoms with Crippen molar-refractivity contribution in [3.63, 3.8) is 0 Å². The number of hydrogen-bond acceptors (Lipinski definition) is 4. The number of hydrogen-bond donors (Lipinski definition) is 0. The zero-order chi connectivity index (χ0) is 40.8. The fourth-order valence-electron chi connectivity index (χ4n) is 10.3. The molecule has 13 rings (SSSR count). The number of pyridine rings is 1. The number of rotatable bonds is 5. The Labute approximate surface area is 358 Å². The molecule has 0 aliphatic heterocycles. The van der Waals surface area contributed by atoms with Gasteiger partial charge in [0.2, 0.25) is 0 Å². The maximum Gasteiger partial charge on any atom is 0.164 e. The van der Waals surface area contributed by atoms with Crippen molar-refractivity contribution >= 4 is 16.4 Å². The molecule has 3 heterocycles. The molecular formula is C57H35N5. The number of imidazole rings is 1. The van der Waals surface area contributed by atoms with Gasteiger partial charge in [0, 0.05) is 34.0 Å². The minimum absolute atomic E-state index is 0.484. The third-order valence-electron chi connectivity index (χ3n) is 12.9. The van der Waals surface area contributed by atoms with Gasteiger partial charge in [0.25, 0.3) is 0 Å². The molecule has 1 spiro atoms. The predicted molar refractivity (Wildman–Crippen MR) is 250 cm³/mol. The molecular weight excluding hydrogens is 755 g/mol. The molecule has 11 aromatic rings. The Morgan fingerprint density at radius 2 is 0.887 bits per heavy atom. The summed E-state index contributed by atoms with van der Waals surface area (Å²) in [6.45, 7) is 0. The Morgan fingerprint density at radius 1 is 0.339 bits per heavy atom. The van der Waals surface area contributed by atoms with Gasteiger partial charge in [-0.2, -0.15) is 0 Å². The second-order valence-electron chi connectivity index (χ2n) is 16.2. The molecule has 0 N–H and O–H groups in total. The minimum atomic E-state index is -0.484. The van der Waals surface area contributed by atoms with Crippen LogP contribution in [0.4, 0.5) is 0 Å². The fraction of sp³-hybridized carbons (Fsp3) is 0.0175. The van der Waals surface area contributed by atoms with E-state index in [4.69, 9.17) is 19.9 Å². The summed E-state index contributed by atoms with van der Waals surface area (Å²) in [6.07, 6.45) is 2.09. The summed E-state index contributed by atoms with van der Waals surface area (Å²) < 4.78 is 2.18. The average molecular weight is 790 g/mol. The van der Waals surface area contributed by atoms with Gasteiger partial charge in [-0.1, -0.05) is 176 Å². The SMILES string of the molecule is c1ccc(-c2nc(-c3ccc4c(c3)C3(c5ccccc5-c5ccccc53)c3ccccc3-4)nc(-c3cc(-c4c(-c5ccccc5)nc5ccccn45)cc4ccccc34)n2)cc1. The van der Waals surface area contributed by atoms with Crippen molar-refractivity contribution in [1.82, 2.24) is 24.3 Å². The van der Waals surface area contributed by atoms with Gasteiger partial charge in [-0.05, 0) is 85.6 Å². The molecule has 0 saturated carbocycles. The highest BCUT2D eigenvalue weighted by Gasteiger charge is 2.51. The Balaban J connectivity index is 1.06. The lowest BCUT2D eigenvalue weighted by molar-refractivity contribution is 0.794. The van der Waals surface area contributed by atoms with Crippen LogP contribution in [-0.2, 0) is 5.41 Å². The van der Waals surface area contributed by atoms with Crippen molar-refractivity contribution in [2.45, 2.75) is 5.41 Å². The number of aromatic nitrogens is 5. The van der Waals surface area contributed by atoms with Crippen molar-refractivity contribution in [3.05, 3.63) is 235 Å². The predicted octanol–water partition coefficient (Wildman–Crippen LogP) is 13.4. The van der Waals surface area contributed by atoms with Gasteiger partial charge in [-0.3, -0.25) is 4.40 Å². The van der Waals surface area contributed by atoms with Gasteiger partial charge >= 0.3 is 0 Å². The lowest BCUT2D eigenvalue weighted by Crippen LogP contribution is -2.25. The molecule has 2 aliphatic rings. The molecule has 0 fully saturated rings. The highest BCUT2D eigenvalue weighted by Crippen LogP contribution is 2.63. The van der Waals surface area contributed by atoms with Gasteiger partial charge < -0.3 is 0 Å².